The first-order valence-corrected chi connectivity index (χ1v) is 13.5. The highest BCUT2D eigenvalue weighted by Crippen LogP contribution is 2.28. The van der Waals surface area contributed by atoms with Crippen molar-refractivity contribution in [2.75, 3.05) is 31.6 Å². The van der Waals surface area contributed by atoms with E-state index in [1.165, 1.54) is 0 Å². The molecule has 33 heavy (non-hydrogen) atoms. The van der Waals surface area contributed by atoms with Crippen molar-refractivity contribution in [2.24, 2.45) is 5.92 Å². The van der Waals surface area contributed by atoms with Crippen molar-refractivity contribution in [3.8, 4) is 5.75 Å². The third-order valence-electron chi connectivity index (χ3n) is 6.14. The molecule has 9 heteroatoms. The number of piperidine rings is 1. The van der Waals surface area contributed by atoms with Crippen molar-refractivity contribution in [2.45, 2.75) is 43.6 Å². The van der Waals surface area contributed by atoms with Crippen LogP contribution in [0.5, 0.6) is 5.75 Å². The first kappa shape index (κ1) is 24.2. The number of rotatable bonds is 7. The first-order chi connectivity index (χ1) is 15.8. The van der Waals surface area contributed by atoms with Gasteiger partial charge in [0.1, 0.15) is 12.4 Å². The van der Waals surface area contributed by atoms with Crippen molar-refractivity contribution < 1.29 is 22.7 Å². The number of benzene rings is 2. The van der Waals surface area contributed by atoms with E-state index in [1.54, 1.807) is 46.8 Å². The van der Waals surface area contributed by atoms with E-state index in [9.17, 15) is 13.2 Å². The molecule has 2 heterocycles. The van der Waals surface area contributed by atoms with Crippen LogP contribution in [0.3, 0.4) is 0 Å². The lowest BCUT2D eigenvalue weighted by molar-refractivity contribution is 0.0677. The summed E-state index contributed by atoms with van der Waals surface area (Å²) in [6.07, 6.45) is 3.92. The average molecular weight is 537 g/mol. The summed E-state index contributed by atoms with van der Waals surface area (Å²) in [4.78, 5) is 12.9. The van der Waals surface area contributed by atoms with Crippen LogP contribution in [0.2, 0.25) is 0 Å². The van der Waals surface area contributed by atoms with Gasteiger partial charge in [0.15, 0.2) is 0 Å². The van der Waals surface area contributed by atoms with Gasteiger partial charge in [-0.2, -0.15) is 4.31 Å². The maximum Gasteiger partial charge on any atom is 0.255 e. The topological polar surface area (TPSA) is 84.9 Å². The Hall–Kier alpha value is -1.94. The van der Waals surface area contributed by atoms with Gasteiger partial charge in [-0.05, 0) is 90.0 Å². The van der Waals surface area contributed by atoms with E-state index in [-0.39, 0.29) is 16.9 Å². The van der Waals surface area contributed by atoms with Gasteiger partial charge in [-0.25, -0.2) is 8.42 Å². The Bertz CT molecular complexity index is 1080. The molecule has 2 aliphatic heterocycles. The molecule has 0 radical (unpaired) electrons. The van der Waals surface area contributed by atoms with Gasteiger partial charge in [0.05, 0.1) is 15.5 Å². The Balaban J connectivity index is 1.36. The molecule has 0 aromatic heterocycles. The highest BCUT2D eigenvalue weighted by molar-refractivity contribution is 9.10. The van der Waals surface area contributed by atoms with Gasteiger partial charge < -0.3 is 14.8 Å². The molecular weight excluding hydrogens is 508 g/mol. The monoisotopic (exact) mass is 536 g/mol. The smallest absolute Gasteiger partial charge is 0.255 e. The highest BCUT2D eigenvalue weighted by Gasteiger charge is 2.28. The molecule has 1 unspecified atom stereocenters. The lowest BCUT2D eigenvalue weighted by Crippen LogP contribution is -2.37. The summed E-state index contributed by atoms with van der Waals surface area (Å²) in [6.45, 7) is 4.50. The van der Waals surface area contributed by atoms with Crippen LogP contribution in [0.4, 0.5) is 5.69 Å². The number of carbonyl (C=O) groups excluding carboxylic acids is 1. The van der Waals surface area contributed by atoms with E-state index in [4.69, 9.17) is 9.47 Å². The Morgan fingerprint density at radius 1 is 1.15 bits per heavy atom. The molecule has 0 saturated carbocycles. The summed E-state index contributed by atoms with van der Waals surface area (Å²) in [7, 11) is -3.51. The summed E-state index contributed by atoms with van der Waals surface area (Å²) in [5.74, 6) is 0.918. The fourth-order valence-corrected chi connectivity index (χ4v) is 5.97. The van der Waals surface area contributed by atoms with E-state index in [0.29, 0.717) is 47.1 Å². The zero-order valence-corrected chi connectivity index (χ0v) is 21.0. The van der Waals surface area contributed by atoms with Gasteiger partial charge in [0, 0.05) is 30.9 Å². The SMILES string of the molecule is CC1CCN(S(=O)(=O)c2ccc(NC(=O)c3ccc(OCC4CCCO4)c(Br)c3)cc2)CC1. The van der Waals surface area contributed by atoms with E-state index in [1.807, 2.05) is 0 Å². The number of sulfonamides is 1. The largest absolute Gasteiger partial charge is 0.490 e. The van der Waals surface area contributed by atoms with Crippen molar-refractivity contribution in [1.82, 2.24) is 4.31 Å². The lowest BCUT2D eigenvalue weighted by Gasteiger charge is -2.29. The standard InChI is InChI=1S/C24H29BrN2O5S/c1-17-10-12-27(13-11-17)33(29,30)21-7-5-19(6-8-21)26-24(28)18-4-9-23(22(25)15-18)32-16-20-3-2-14-31-20/h4-9,15,17,20H,2-3,10-14,16H2,1H3,(H,26,28). The number of hydrogen-bond donors (Lipinski definition) is 1. The minimum atomic E-state index is -3.51. The van der Waals surface area contributed by atoms with Crippen molar-refractivity contribution >= 4 is 37.5 Å². The van der Waals surface area contributed by atoms with Gasteiger partial charge in [-0.1, -0.05) is 6.92 Å². The van der Waals surface area contributed by atoms with Gasteiger partial charge >= 0.3 is 0 Å². The van der Waals surface area contributed by atoms with Gasteiger partial charge in [0.2, 0.25) is 10.0 Å². The Kier molecular flexibility index (Phi) is 7.73. The van der Waals surface area contributed by atoms with E-state index < -0.39 is 10.0 Å². The predicted octanol–water partition coefficient (Wildman–Crippen LogP) is 4.68. The van der Waals surface area contributed by atoms with Crippen LogP contribution in [0, 0.1) is 5.92 Å². The van der Waals surface area contributed by atoms with E-state index in [2.05, 4.69) is 28.2 Å². The predicted molar refractivity (Wildman–Crippen MR) is 130 cm³/mol. The number of amides is 1. The third kappa shape index (κ3) is 5.95. The summed E-state index contributed by atoms with van der Waals surface area (Å²) in [5, 5.41) is 2.82. The van der Waals surface area contributed by atoms with Gasteiger partial charge in [0.25, 0.3) is 5.91 Å². The number of nitrogens with one attached hydrogen (secondary N) is 1. The molecule has 2 aromatic rings. The summed E-state index contributed by atoms with van der Waals surface area (Å²) < 4.78 is 39.3. The Labute approximate surface area is 203 Å². The molecule has 7 nitrogen and oxygen atoms in total. The number of nitrogens with zero attached hydrogens (tertiary/aromatic N) is 1. The summed E-state index contributed by atoms with van der Waals surface area (Å²) in [6, 6.07) is 11.5. The van der Waals surface area contributed by atoms with Gasteiger partial charge in [-0.3, -0.25) is 4.79 Å². The first-order valence-electron chi connectivity index (χ1n) is 11.3. The van der Waals surface area contributed by atoms with Crippen molar-refractivity contribution in [1.29, 1.82) is 0 Å². The molecule has 0 spiro atoms. The van der Waals surface area contributed by atoms with Crippen molar-refractivity contribution in [3.05, 3.63) is 52.5 Å². The number of carbonyl (C=O) groups is 1. The molecule has 1 N–H and O–H groups in total. The minimum Gasteiger partial charge on any atom is -0.490 e. The van der Waals surface area contributed by atoms with Crippen molar-refractivity contribution in [3.63, 3.8) is 0 Å². The number of halogens is 1. The molecule has 2 aromatic carbocycles. The van der Waals surface area contributed by atoms with E-state index in [0.717, 1.165) is 32.3 Å². The van der Waals surface area contributed by atoms with Gasteiger partial charge in [-0.15, -0.1) is 0 Å². The Morgan fingerprint density at radius 3 is 2.52 bits per heavy atom. The third-order valence-corrected chi connectivity index (χ3v) is 8.67. The molecule has 4 rings (SSSR count). The van der Waals surface area contributed by atoms with Crippen LogP contribution < -0.4 is 10.1 Å². The number of ether oxygens (including phenoxy) is 2. The molecule has 178 valence electrons. The molecule has 1 amide bonds. The fraction of sp³-hybridized carbons (Fsp3) is 0.458. The van der Waals surface area contributed by atoms with Crippen LogP contribution in [-0.2, 0) is 14.8 Å². The number of anilines is 1. The summed E-state index contributed by atoms with van der Waals surface area (Å²) in [5.41, 5.74) is 0.992. The second kappa shape index (κ2) is 10.5. The normalized spacial score (nSPS) is 20.0. The molecule has 2 aliphatic rings. The second-order valence-corrected chi connectivity index (χ2v) is 11.4. The molecule has 1 atom stereocenters. The van der Waals surface area contributed by atoms with Crippen LogP contribution in [-0.4, -0.2) is 51.0 Å². The highest BCUT2D eigenvalue weighted by atomic mass is 79.9. The van der Waals surface area contributed by atoms with E-state index >= 15 is 0 Å². The zero-order chi connectivity index (χ0) is 23.4. The molecular formula is C24H29BrN2O5S. The second-order valence-electron chi connectivity index (χ2n) is 8.66. The molecule has 2 saturated heterocycles. The van der Waals surface area contributed by atoms with Crippen LogP contribution in [0.15, 0.2) is 51.8 Å². The Morgan fingerprint density at radius 2 is 1.88 bits per heavy atom. The molecule has 0 bridgehead atoms. The van der Waals surface area contributed by atoms with Crippen LogP contribution in [0.25, 0.3) is 0 Å². The lowest BCUT2D eigenvalue weighted by atomic mass is 10.0. The molecule has 0 aliphatic carbocycles. The summed E-state index contributed by atoms with van der Waals surface area (Å²) >= 11 is 3.47. The minimum absolute atomic E-state index is 0.116. The number of hydrogen-bond acceptors (Lipinski definition) is 5. The molecule has 2 fully saturated rings. The average Bonchev–Trinajstić information content (AvgIpc) is 3.32. The van der Waals surface area contributed by atoms with Crippen LogP contribution >= 0.6 is 15.9 Å². The van der Waals surface area contributed by atoms with Crippen LogP contribution in [0.1, 0.15) is 43.0 Å². The zero-order valence-electron chi connectivity index (χ0n) is 18.6. The maximum atomic E-state index is 12.9. The quantitative estimate of drug-likeness (QED) is 0.555. The maximum absolute atomic E-state index is 12.9. The fourth-order valence-electron chi connectivity index (χ4n) is 4.01.